The van der Waals surface area contributed by atoms with Crippen LogP contribution < -0.4 is 10.6 Å². The van der Waals surface area contributed by atoms with E-state index >= 15 is 0 Å². The van der Waals surface area contributed by atoms with Crippen LogP contribution in [0.25, 0.3) is 0 Å². The minimum absolute atomic E-state index is 0.693. The van der Waals surface area contributed by atoms with E-state index in [2.05, 4.69) is 22.2 Å². The molecular weight excluding hydrogens is 254 g/mol. The molecule has 0 aliphatic heterocycles. The molecular formula is C15H25N3O2. The van der Waals surface area contributed by atoms with E-state index in [0.717, 1.165) is 50.9 Å². The lowest BCUT2D eigenvalue weighted by atomic mass is 10.3. The molecule has 0 saturated carbocycles. The zero-order valence-corrected chi connectivity index (χ0v) is 12.2. The molecule has 1 aromatic rings. The van der Waals surface area contributed by atoms with Crippen molar-refractivity contribution >= 4 is 5.96 Å². The van der Waals surface area contributed by atoms with E-state index in [1.807, 2.05) is 25.1 Å². The molecule has 0 fully saturated rings. The Morgan fingerprint density at radius 3 is 3.10 bits per heavy atom. The molecule has 2 N–H and O–H groups in total. The van der Waals surface area contributed by atoms with Crippen molar-refractivity contribution in [3.8, 4) is 0 Å². The maximum atomic E-state index is 5.29. The zero-order valence-electron chi connectivity index (χ0n) is 12.2. The minimum Gasteiger partial charge on any atom is -0.469 e. The first kappa shape index (κ1) is 16.3. The summed E-state index contributed by atoms with van der Waals surface area (Å²) in [4.78, 5) is 4.49. The third kappa shape index (κ3) is 7.63. The number of ether oxygens (including phenoxy) is 1. The first-order valence-electron chi connectivity index (χ1n) is 7.10. The first-order valence-corrected chi connectivity index (χ1v) is 7.10. The maximum Gasteiger partial charge on any atom is 0.191 e. The molecule has 0 spiro atoms. The number of nitrogens with one attached hydrogen (secondary N) is 2. The summed E-state index contributed by atoms with van der Waals surface area (Å²) in [7, 11) is 0. The van der Waals surface area contributed by atoms with Crippen molar-refractivity contribution in [1.82, 2.24) is 10.6 Å². The van der Waals surface area contributed by atoms with Gasteiger partial charge in [0.15, 0.2) is 5.96 Å². The van der Waals surface area contributed by atoms with Gasteiger partial charge in [0.2, 0.25) is 0 Å². The van der Waals surface area contributed by atoms with Gasteiger partial charge >= 0.3 is 0 Å². The molecule has 0 atom stereocenters. The van der Waals surface area contributed by atoms with Crippen LogP contribution in [-0.4, -0.2) is 38.8 Å². The van der Waals surface area contributed by atoms with Gasteiger partial charge in [0.1, 0.15) is 5.76 Å². The van der Waals surface area contributed by atoms with Crippen LogP contribution >= 0.6 is 0 Å². The predicted molar refractivity (Wildman–Crippen MR) is 82.0 cm³/mol. The summed E-state index contributed by atoms with van der Waals surface area (Å²) in [5.74, 6) is 1.77. The number of furan rings is 1. The molecule has 0 radical (unpaired) electrons. The van der Waals surface area contributed by atoms with Gasteiger partial charge in [0, 0.05) is 39.3 Å². The minimum atomic E-state index is 0.693. The summed E-state index contributed by atoms with van der Waals surface area (Å²) in [6.07, 6.45) is 5.26. The molecule has 1 aromatic heterocycles. The fourth-order valence-electron chi connectivity index (χ4n) is 1.60. The molecule has 1 rings (SSSR count). The monoisotopic (exact) mass is 279 g/mol. The second-order valence-electron chi connectivity index (χ2n) is 4.21. The van der Waals surface area contributed by atoms with Crippen molar-refractivity contribution in [3.05, 3.63) is 36.8 Å². The Kier molecular flexibility index (Phi) is 9.06. The fraction of sp³-hybridized carbons (Fsp3) is 0.533. The number of rotatable bonds is 10. The fourth-order valence-corrected chi connectivity index (χ4v) is 1.60. The van der Waals surface area contributed by atoms with Gasteiger partial charge in [-0.2, -0.15) is 0 Å². The molecule has 1 heterocycles. The Labute approximate surface area is 121 Å². The summed E-state index contributed by atoms with van der Waals surface area (Å²) in [6.45, 7) is 9.41. The van der Waals surface area contributed by atoms with Gasteiger partial charge in [-0.05, 0) is 25.5 Å². The van der Waals surface area contributed by atoms with Gasteiger partial charge in [-0.3, -0.25) is 4.99 Å². The van der Waals surface area contributed by atoms with E-state index in [9.17, 15) is 0 Å². The lowest BCUT2D eigenvalue weighted by Gasteiger charge is -2.10. The Bertz CT molecular complexity index is 374. The molecule has 0 aliphatic carbocycles. The molecule has 0 aliphatic rings. The van der Waals surface area contributed by atoms with Gasteiger partial charge in [0.25, 0.3) is 0 Å². The van der Waals surface area contributed by atoms with E-state index in [-0.39, 0.29) is 0 Å². The number of hydrogen-bond acceptors (Lipinski definition) is 3. The second kappa shape index (κ2) is 11.1. The SMILES string of the molecule is C=CCNC(=NCCCOCC)NCCc1ccco1. The largest absolute Gasteiger partial charge is 0.469 e. The number of hydrogen-bond donors (Lipinski definition) is 2. The van der Waals surface area contributed by atoms with Crippen LogP contribution in [0.1, 0.15) is 19.1 Å². The molecule has 0 bridgehead atoms. The van der Waals surface area contributed by atoms with Crippen LogP contribution in [-0.2, 0) is 11.2 Å². The second-order valence-corrected chi connectivity index (χ2v) is 4.21. The predicted octanol–water partition coefficient (Wildman–Crippen LogP) is 1.97. The van der Waals surface area contributed by atoms with Gasteiger partial charge < -0.3 is 19.8 Å². The van der Waals surface area contributed by atoms with Crippen molar-refractivity contribution in [2.45, 2.75) is 19.8 Å². The maximum absolute atomic E-state index is 5.29. The Morgan fingerprint density at radius 2 is 2.40 bits per heavy atom. The third-order valence-electron chi connectivity index (χ3n) is 2.58. The van der Waals surface area contributed by atoms with Gasteiger partial charge in [-0.1, -0.05) is 6.08 Å². The van der Waals surface area contributed by atoms with Crippen LogP contribution in [0.4, 0.5) is 0 Å². The van der Waals surface area contributed by atoms with Crippen LogP contribution in [0, 0.1) is 0 Å². The highest BCUT2D eigenvalue weighted by Crippen LogP contribution is 1.99. The summed E-state index contributed by atoms with van der Waals surface area (Å²) in [5.41, 5.74) is 0. The van der Waals surface area contributed by atoms with E-state index in [0.29, 0.717) is 6.54 Å². The van der Waals surface area contributed by atoms with Gasteiger partial charge in [0.05, 0.1) is 6.26 Å². The van der Waals surface area contributed by atoms with Crippen LogP contribution in [0.15, 0.2) is 40.5 Å². The lowest BCUT2D eigenvalue weighted by Crippen LogP contribution is -2.38. The van der Waals surface area contributed by atoms with Crippen LogP contribution in [0.3, 0.4) is 0 Å². The van der Waals surface area contributed by atoms with Crippen molar-refractivity contribution in [2.75, 3.05) is 32.8 Å². The number of guanidine groups is 1. The highest BCUT2D eigenvalue weighted by Gasteiger charge is 1.99. The third-order valence-corrected chi connectivity index (χ3v) is 2.58. The number of aliphatic imine (C=N–C) groups is 1. The average molecular weight is 279 g/mol. The molecule has 0 amide bonds. The highest BCUT2D eigenvalue weighted by molar-refractivity contribution is 5.79. The molecule has 112 valence electrons. The molecule has 5 nitrogen and oxygen atoms in total. The Morgan fingerprint density at radius 1 is 1.50 bits per heavy atom. The van der Waals surface area contributed by atoms with E-state index in [4.69, 9.17) is 9.15 Å². The Hall–Kier alpha value is -1.75. The van der Waals surface area contributed by atoms with Crippen molar-refractivity contribution < 1.29 is 9.15 Å². The summed E-state index contributed by atoms with van der Waals surface area (Å²) in [5, 5.41) is 6.46. The molecule has 0 aromatic carbocycles. The molecule has 0 unspecified atom stereocenters. The molecule has 5 heteroatoms. The zero-order chi connectivity index (χ0) is 14.5. The quantitative estimate of drug-likeness (QED) is 0.297. The highest BCUT2D eigenvalue weighted by atomic mass is 16.5. The van der Waals surface area contributed by atoms with Crippen LogP contribution in [0.5, 0.6) is 0 Å². The standard InChI is InChI=1S/C15H25N3O2/c1-3-9-16-15(17-10-6-12-19-4-2)18-11-8-14-7-5-13-20-14/h3,5,7,13H,1,4,6,8-12H2,2H3,(H2,16,17,18). The lowest BCUT2D eigenvalue weighted by molar-refractivity contribution is 0.146. The Balaban J connectivity index is 2.26. The molecule has 20 heavy (non-hydrogen) atoms. The first-order chi connectivity index (χ1) is 9.86. The molecule has 0 saturated heterocycles. The van der Waals surface area contributed by atoms with Crippen molar-refractivity contribution in [1.29, 1.82) is 0 Å². The van der Waals surface area contributed by atoms with E-state index in [1.165, 1.54) is 0 Å². The number of nitrogens with zero attached hydrogens (tertiary/aromatic N) is 1. The smallest absolute Gasteiger partial charge is 0.191 e. The van der Waals surface area contributed by atoms with Crippen LogP contribution in [0.2, 0.25) is 0 Å². The van der Waals surface area contributed by atoms with E-state index < -0.39 is 0 Å². The van der Waals surface area contributed by atoms with Crippen molar-refractivity contribution in [2.24, 2.45) is 4.99 Å². The van der Waals surface area contributed by atoms with Gasteiger partial charge in [-0.15, -0.1) is 6.58 Å². The van der Waals surface area contributed by atoms with Gasteiger partial charge in [-0.25, -0.2) is 0 Å². The summed E-state index contributed by atoms with van der Waals surface area (Å²) >= 11 is 0. The summed E-state index contributed by atoms with van der Waals surface area (Å²) in [6, 6.07) is 3.87. The van der Waals surface area contributed by atoms with E-state index in [1.54, 1.807) is 6.26 Å². The normalized spacial score (nSPS) is 11.3. The summed E-state index contributed by atoms with van der Waals surface area (Å²) < 4.78 is 10.6. The van der Waals surface area contributed by atoms with Crippen molar-refractivity contribution in [3.63, 3.8) is 0 Å². The topological polar surface area (TPSA) is 58.8 Å². The average Bonchev–Trinajstić information content (AvgIpc) is 2.97.